The van der Waals surface area contributed by atoms with E-state index in [9.17, 15) is 5.11 Å². The summed E-state index contributed by atoms with van der Waals surface area (Å²) in [5, 5.41) is 9.97. The summed E-state index contributed by atoms with van der Waals surface area (Å²) >= 11 is 0. The van der Waals surface area contributed by atoms with Crippen LogP contribution in [0.2, 0.25) is 0 Å². The highest BCUT2D eigenvalue weighted by molar-refractivity contribution is 4.83. The zero-order valence-corrected chi connectivity index (χ0v) is 11.0. The number of rotatable bonds is 8. The Morgan fingerprint density at radius 2 is 1.73 bits per heavy atom. The van der Waals surface area contributed by atoms with Crippen molar-refractivity contribution in [3.8, 4) is 0 Å². The van der Waals surface area contributed by atoms with Gasteiger partial charge in [0.1, 0.15) is 0 Å². The van der Waals surface area contributed by atoms with Gasteiger partial charge in [-0.15, -0.1) is 6.58 Å². The summed E-state index contributed by atoms with van der Waals surface area (Å²) < 4.78 is 0. The lowest BCUT2D eigenvalue weighted by Gasteiger charge is -2.27. The highest BCUT2D eigenvalue weighted by Crippen LogP contribution is 2.30. The Hall–Kier alpha value is -0.300. The Morgan fingerprint density at radius 1 is 1.13 bits per heavy atom. The van der Waals surface area contributed by atoms with E-state index in [-0.39, 0.29) is 0 Å². The van der Waals surface area contributed by atoms with Crippen molar-refractivity contribution in [1.82, 2.24) is 0 Å². The smallest absolute Gasteiger partial charge is 0.0653 e. The maximum absolute atomic E-state index is 9.97. The first-order valence-electron chi connectivity index (χ1n) is 6.16. The normalized spacial score (nSPS) is 16.1. The second-order valence-corrected chi connectivity index (χ2v) is 5.76. The van der Waals surface area contributed by atoms with Gasteiger partial charge in [-0.05, 0) is 38.0 Å². The van der Waals surface area contributed by atoms with Crippen LogP contribution in [0.25, 0.3) is 0 Å². The zero-order chi connectivity index (χ0) is 11.9. The van der Waals surface area contributed by atoms with Gasteiger partial charge < -0.3 is 5.11 Å². The summed E-state index contributed by atoms with van der Waals surface area (Å²) in [5.41, 5.74) is -0.122. The van der Waals surface area contributed by atoms with E-state index in [0.717, 1.165) is 12.8 Å². The standard InChI is InChI=1S/C14H28O/c1-6-9-13(3,4)11-8-12-14(5,15)10-7-2/h7,15H,2,6,8-12H2,1,3-5H3. The summed E-state index contributed by atoms with van der Waals surface area (Å²) in [6.45, 7) is 12.4. The van der Waals surface area contributed by atoms with Crippen LogP contribution in [-0.4, -0.2) is 10.7 Å². The third-order valence-corrected chi connectivity index (χ3v) is 3.08. The van der Waals surface area contributed by atoms with Crippen LogP contribution in [0.15, 0.2) is 12.7 Å². The molecule has 0 aromatic heterocycles. The van der Waals surface area contributed by atoms with Gasteiger partial charge in [-0.2, -0.15) is 0 Å². The van der Waals surface area contributed by atoms with Gasteiger partial charge in [0.05, 0.1) is 5.60 Å². The maximum Gasteiger partial charge on any atom is 0.0653 e. The van der Waals surface area contributed by atoms with Crippen LogP contribution < -0.4 is 0 Å². The van der Waals surface area contributed by atoms with Crippen LogP contribution in [0.1, 0.15) is 66.2 Å². The van der Waals surface area contributed by atoms with Crippen LogP contribution in [0.3, 0.4) is 0 Å². The van der Waals surface area contributed by atoms with Crippen LogP contribution in [0, 0.1) is 5.41 Å². The van der Waals surface area contributed by atoms with E-state index in [1.165, 1.54) is 19.3 Å². The van der Waals surface area contributed by atoms with Gasteiger partial charge in [0.2, 0.25) is 0 Å². The number of hydrogen-bond acceptors (Lipinski definition) is 1. The minimum atomic E-state index is -0.552. The molecule has 0 aromatic rings. The molecule has 0 amide bonds. The van der Waals surface area contributed by atoms with Gasteiger partial charge in [0.25, 0.3) is 0 Å². The Morgan fingerprint density at radius 3 is 2.20 bits per heavy atom. The summed E-state index contributed by atoms with van der Waals surface area (Å²) in [7, 11) is 0. The molecule has 0 aliphatic carbocycles. The molecule has 15 heavy (non-hydrogen) atoms. The molecule has 1 nitrogen and oxygen atoms in total. The quantitative estimate of drug-likeness (QED) is 0.594. The molecule has 0 fully saturated rings. The average molecular weight is 212 g/mol. The van der Waals surface area contributed by atoms with Gasteiger partial charge in [-0.25, -0.2) is 0 Å². The van der Waals surface area contributed by atoms with Gasteiger partial charge >= 0.3 is 0 Å². The zero-order valence-electron chi connectivity index (χ0n) is 11.0. The summed E-state index contributed by atoms with van der Waals surface area (Å²) in [6.07, 6.45) is 8.21. The van der Waals surface area contributed by atoms with E-state index in [4.69, 9.17) is 0 Å². The van der Waals surface area contributed by atoms with Crippen LogP contribution in [0.4, 0.5) is 0 Å². The fraction of sp³-hybridized carbons (Fsp3) is 0.857. The first-order chi connectivity index (χ1) is 6.83. The van der Waals surface area contributed by atoms with E-state index in [2.05, 4.69) is 27.4 Å². The second-order valence-electron chi connectivity index (χ2n) is 5.76. The van der Waals surface area contributed by atoms with E-state index < -0.39 is 5.60 Å². The summed E-state index contributed by atoms with van der Waals surface area (Å²) in [4.78, 5) is 0. The van der Waals surface area contributed by atoms with Crippen molar-refractivity contribution in [2.45, 2.75) is 71.8 Å². The summed E-state index contributed by atoms with van der Waals surface area (Å²) in [6, 6.07) is 0. The molecule has 0 bridgehead atoms. The molecule has 1 heteroatoms. The van der Waals surface area contributed by atoms with Gasteiger partial charge in [0, 0.05) is 0 Å². The monoisotopic (exact) mass is 212 g/mol. The molecule has 1 unspecified atom stereocenters. The highest BCUT2D eigenvalue weighted by Gasteiger charge is 2.21. The van der Waals surface area contributed by atoms with Gasteiger partial charge in [-0.3, -0.25) is 0 Å². The molecular formula is C14H28O. The molecule has 1 N–H and O–H groups in total. The Labute approximate surface area is 95.6 Å². The highest BCUT2D eigenvalue weighted by atomic mass is 16.3. The van der Waals surface area contributed by atoms with Crippen LogP contribution in [-0.2, 0) is 0 Å². The van der Waals surface area contributed by atoms with Gasteiger partial charge in [-0.1, -0.05) is 39.7 Å². The molecule has 0 saturated carbocycles. The minimum Gasteiger partial charge on any atom is -0.390 e. The lowest BCUT2D eigenvalue weighted by Crippen LogP contribution is -2.23. The molecule has 90 valence electrons. The van der Waals surface area contributed by atoms with Crippen molar-refractivity contribution < 1.29 is 5.11 Å². The molecule has 0 aliphatic rings. The van der Waals surface area contributed by atoms with Crippen LogP contribution in [0.5, 0.6) is 0 Å². The largest absolute Gasteiger partial charge is 0.390 e. The van der Waals surface area contributed by atoms with Crippen molar-refractivity contribution in [2.24, 2.45) is 5.41 Å². The molecule has 0 aromatic carbocycles. The van der Waals surface area contributed by atoms with Crippen LogP contribution >= 0.6 is 0 Å². The second kappa shape index (κ2) is 6.32. The lowest BCUT2D eigenvalue weighted by atomic mass is 9.81. The fourth-order valence-corrected chi connectivity index (χ4v) is 2.16. The molecule has 1 atom stereocenters. The summed E-state index contributed by atoms with van der Waals surface area (Å²) in [5.74, 6) is 0. The number of aliphatic hydroxyl groups is 1. The Balaban J connectivity index is 3.82. The van der Waals surface area contributed by atoms with E-state index >= 15 is 0 Å². The molecule has 0 heterocycles. The third kappa shape index (κ3) is 7.61. The Bertz CT molecular complexity index is 180. The topological polar surface area (TPSA) is 20.2 Å². The van der Waals surface area contributed by atoms with E-state index in [1.54, 1.807) is 6.08 Å². The lowest BCUT2D eigenvalue weighted by molar-refractivity contribution is 0.0481. The molecule has 0 saturated heterocycles. The molecular weight excluding hydrogens is 184 g/mol. The van der Waals surface area contributed by atoms with E-state index in [0.29, 0.717) is 11.8 Å². The number of hydrogen-bond donors (Lipinski definition) is 1. The average Bonchev–Trinajstić information content (AvgIpc) is 2.02. The van der Waals surface area contributed by atoms with E-state index in [1.807, 2.05) is 6.92 Å². The van der Waals surface area contributed by atoms with Crippen molar-refractivity contribution in [1.29, 1.82) is 0 Å². The predicted octanol–water partition coefficient (Wildman–Crippen LogP) is 4.31. The maximum atomic E-state index is 9.97. The third-order valence-electron chi connectivity index (χ3n) is 3.08. The first kappa shape index (κ1) is 14.7. The first-order valence-corrected chi connectivity index (χ1v) is 6.16. The fourth-order valence-electron chi connectivity index (χ4n) is 2.16. The van der Waals surface area contributed by atoms with Crippen molar-refractivity contribution in [3.63, 3.8) is 0 Å². The molecule has 0 aliphatic heterocycles. The van der Waals surface area contributed by atoms with Crippen molar-refractivity contribution in [3.05, 3.63) is 12.7 Å². The molecule has 0 rings (SSSR count). The minimum absolute atomic E-state index is 0.430. The Kier molecular flexibility index (Phi) is 6.19. The van der Waals surface area contributed by atoms with Crippen molar-refractivity contribution >= 4 is 0 Å². The predicted molar refractivity (Wildman–Crippen MR) is 68.0 cm³/mol. The molecule has 0 radical (unpaired) electrons. The SMILES string of the molecule is C=CCC(C)(O)CCCC(C)(C)CCC. The van der Waals surface area contributed by atoms with Gasteiger partial charge in [0.15, 0.2) is 0 Å². The molecule has 0 spiro atoms. The van der Waals surface area contributed by atoms with Crippen molar-refractivity contribution in [2.75, 3.05) is 0 Å².